The van der Waals surface area contributed by atoms with E-state index in [-0.39, 0.29) is 17.7 Å². The number of rotatable bonds is 3. The number of ether oxygens (including phenoxy) is 2. The summed E-state index contributed by atoms with van der Waals surface area (Å²) >= 11 is 0. The SMILES string of the molecule is CC(COC(C)(C)C)OC(=O)C(C)(C)C. The van der Waals surface area contributed by atoms with E-state index in [0.717, 1.165) is 0 Å². The molecule has 0 N–H and O–H groups in total. The molecular weight excluding hydrogens is 192 g/mol. The summed E-state index contributed by atoms with van der Waals surface area (Å²) < 4.78 is 10.8. The summed E-state index contributed by atoms with van der Waals surface area (Å²) in [4.78, 5) is 11.5. The minimum Gasteiger partial charge on any atom is -0.460 e. The molecule has 0 aliphatic rings. The molecular formula is C12H24O3. The molecule has 3 heteroatoms. The molecule has 3 nitrogen and oxygen atoms in total. The molecule has 1 unspecified atom stereocenters. The molecule has 0 spiro atoms. The van der Waals surface area contributed by atoms with Gasteiger partial charge in [-0.1, -0.05) is 0 Å². The van der Waals surface area contributed by atoms with Gasteiger partial charge in [0.15, 0.2) is 0 Å². The van der Waals surface area contributed by atoms with Crippen LogP contribution in [0.5, 0.6) is 0 Å². The number of hydrogen-bond donors (Lipinski definition) is 0. The molecule has 0 amide bonds. The first-order valence-electron chi connectivity index (χ1n) is 5.37. The third-order valence-electron chi connectivity index (χ3n) is 1.67. The van der Waals surface area contributed by atoms with E-state index in [2.05, 4.69) is 0 Å². The maximum atomic E-state index is 11.5. The average molecular weight is 216 g/mol. The minimum atomic E-state index is -0.448. The van der Waals surface area contributed by atoms with Gasteiger partial charge < -0.3 is 9.47 Å². The Balaban J connectivity index is 3.95. The normalized spacial score (nSPS) is 14.9. The van der Waals surface area contributed by atoms with Gasteiger partial charge in [-0.05, 0) is 48.5 Å². The van der Waals surface area contributed by atoms with Gasteiger partial charge in [-0.15, -0.1) is 0 Å². The van der Waals surface area contributed by atoms with E-state index in [1.165, 1.54) is 0 Å². The highest BCUT2D eigenvalue weighted by atomic mass is 16.6. The molecule has 0 aromatic heterocycles. The molecule has 0 heterocycles. The molecule has 0 aliphatic carbocycles. The molecule has 1 atom stereocenters. The standard InChI is InChI=1S/C12H24O3/c1-9(8-14-12(5,6)7)15-10(13)11(2,3)4/h9H,8H2,1-7H3. The predicted molar refractivity (Wildman–Crippen MR) is 60.7 cm³/mol. The molecule has 0 aliphatic heterocycles. The average Bonchev–Trinajstić information content (AvgIpc) is 1.97. The van der Waals surface area contributed by atoms with Crippen LogP contribution in [-0.4, -0.2) is 24.3 Å². The van der Waals surface area contributed by atoms with Gasteiger partial charge in [0.05, 0.1) is 17.6 Å². The summed E-state index contributed by atoms with van der Waals surface area (Å²) in [5, 5.41) is 0. The van der Waals surface area contributed by atoms with Gasteiger partial charge >= 0.3 is 5.97 Å². The summed E-state index contributed by atoms with van der Waals surface area (Å²) in [6, 6.07) is 0. The van der Waals surface area contributed by atoms with Crippen LogP contribution in [0.4, 0.5) is 0 Å². The number of esters is 1. The van der Waals surface area contributed by atoms with E-state index in [1.54, 1.807) is 0 Å². The third kappa shape index (κ3) is 7.37. The molecule has 0 saturated heterocycles. The van der Waals surface area contributed by atoms with Gasteiger partial charge in [0.1, 0.15) is 6.10 Å². The molecule has 90 valence electrons. The summed E-state index contributed by atoms with van der Waals surface area (Å²) in [5.74, 6) is -0.187. The second-order valence-corrected chi connectivity index (χ2v) is 5.89. The monoisotopic (exact) mass is 216 g/mol. The van der Waals surface area contributed by atoms with Crippen molar-refractivity contribution < 1.29 is 14.3 Å². The molecule has 0 aromatic rings. The highest BCUT2D eigenvalue weighted by molar-refractivity contribution is 5.75. The first-order valence-corrected chi connectivity index (χ1v) is 5.37. The van der Waals surface area contributed by atoms with Crippen LogP contribution in [0.15, 0.2) is 0 Å². The van der Waals surface area contributed by atoms with Crippen LogP contribution < -0.4 is 0 Å². The van der Waals surface area contributed by atoms with E-state index >= 15 is 0 Å². The topological polar surface area (TPSA) is 35.5 Å². The molecule has 0 saturated carbocycles. The maximum Gasteiger partial charge on any atom is 0.311 e. The van der Waals surface area contributed by atoms with E-state index in [9.17, 15) is 4.79 Å². The Bertz CT molecular complexity index is 208. The molecule has 0 rings (SSSR count). The Morgan fingerprint density at radius 3 is 1.93 bits per heavy atom. The zero-order valence-electron chi connectivity index (χ0n) is 11.0. The lowest BCUT2D eigenvalue weighted by molar-refractivity contribution is -0.163. The Morgan fingerprint density at radius 2 is 1.60 bits per heavy atom. The van der Waals surface area contributed by atoms with E-state index < -0.39 is 5.41 Å². The smallest absolute Gasteiger partial charge is 0.311 e. The molecule has 0 fully saturated rings. The Kier molecular flexibility index (Phi) is 4.78. The van der Waals surface area contributed by atoms with Crippen LogP contribution in [0.3, 0.4) is 0 Å². The van der Waals surface area contributed by atoms with Crippen LogP contribution in [0, 0.1) is 5.41 Å². The summed E-state index contributed by atoms with van der Waals surface area (Å²) in [6.07, 6.45) is -0.198. The van der Waals surface area contributed by atoms with Crippen LogP contribution >= 0.6 is 0 Å². The lowest BCUT2D eigenvalue weighted by Gasteiger charge is -2.24. The van der Waals surface area contributed by atoms with Crippen molar-refractivity contribution in [1.82, 2.24) is 0 Å². The first kappa shape index (κ1) is 14.4. The maximum absolute atomic E-state index is 11.5. The highest BCUT2D eigenvalue weighted by Crippen LogP contribution is 2.17. The molecule has 0 radical (unpaired) electrons. The van der Waals surface area contributed by atoms with Crippen molar-refractivity contribution in [2.45, 2.75) is 60.2 Å². The second kappa shape index (κ2) is 4.97. The quantitative estimate of drug-likeness (QED) is 0.680. The highest BCUT2D eigenvalue weighted by Gasteiger charge is 2.25. The second-order valence-electron chi connectivity index (χ2n) is 5.89. The van der Waals surface area contributed by atoms with Crippen LogP contribution in [-0.2, 0) is 14.3 Å². The largest absolute Gasteiger partial charge is 0.460 e. The lowest BCUT2D eigenvalue weighted by atomic mass is 9.97. The van der Waals surface area contributed by atoms with Gasteiger partial charge in [0, 0.05) is 0 Å². The van der Waals surface area contributed by atoms with Crippen molar-refractivity contribution in [3.63, 3.8) is 0 Å². The van der Waals surface area contributed by atoms with E-state index in [0.29, 0.717) is 6.61 Å². The van der Waals surface area contributed by atoms with Crippen molar-refractivity contribution in [3.8, 4) is 0 Å². The predicted octanol–water partition coefficient (Wildman–Crippen LogP) is 2.78. The van der Waals surface area contributed by atoms with Crippen LogP contribution in [0.25, 0.3) is 0 Å². The van der Waals surface area contributed by atoms with Gasteiger partial charge in [0.25, 0.3) is 0 Å². The summed E-state index contributed by atoms with van der Waals surface area (Å²) in [7, 11) is 0. The Hall–Kier alpha value is -0.570. The zero-order valence-corrected chi connectivity index (χ0v) is 11.0. The van der Waals surface area contributed by atoms with Crippen LogP contribution in [0.2, 0.25) is 0 Å². The molecule has 0 bridgehead atoms. The third-order valence-corrected chi connectivity index (χ3v) is 1.67. The molecule has 15 heavy (non-hydrogen) atoms. The van der Waals surface area contributed by atoms with Crippen molar-refractivity contribution in [3.05, 3.63) is 0 Å². The van der Waals surface area contributed by atoms with E-state index in [1.807, 2.05) is 48.5 Å². The fraction of sp³-hybridized carbons (Fsp3) is 0.917. The van der Waals surface area contributed by atoms with Crippen molar-refractivity contribution in [1.29, 1.82) is 0 Å². The van der Waals surface area contributed by atoms with Gasteiger partial charge in [-0.2, -0.15) is 0 Å². The Morgan fingerprint density at radius 1 is 1.13 bits per heavy atom. The zero-order chi connectivity index (χ0) is 12.3. The van der Waals surface area contributed by atoms with Crippen molar-refractivity contribution in [2.75, 3.05) is 6.61 Å². The number of carbonyl (C=O) groups excluding carboxylic acids is 1. The lowest BCUT2D eigenvalue weighted by Crippen LogP contribution is -2.31. The fourth-order valence-corrected chi connectivity index (χ4v) is 0.761. The minimum absolute atomic E-state index is 0.187. The van der Waals surface area contributed by atoms with E-state index in [4.69, 9.17) is 9.47 Å². The number of carbonyl (C=O) groups is 1. The van der Waals surface area contributed by atoms with Crippen molar-refractivity contribution >= 4 is 5.97 Å². The van der Waals surface area contributed by atoms with Gasteiger partial charge in [-0.25, -0.2) is 0 Å². The van der Waals surface area contributed by atoms with Crippen molar-refractivity contribution in [2.24, 2.45) is 5.41 Å². The first-order chi connectivity index (χ1) is 6.52. The molecule has 0 aromatic carbocycles. The van der Waals surface area contributed by atoms with Crippen LogP contribution in [0.1, 0.15) is 48.5 Å². The van der Waals surface area contributed by atoms with Gasteiger partial charge in [0.2, 0.25) is 0 Å². The van der Waals surface area contributed by atoms with Gasteiger partial charge in [-0.3, -0.25) is 4.79 Å². The summed E-state index contributed by atoms with van der Waals surface area (Å²) in [5.41, 5.74) is -0.640. The Labute approximate surface area is 93.1 Å². The fourth-order valence-electron chi connectivity index (χ4n) is 0.761. The number of hydrogen-bond acceptors (Lipinski definition) is 3. The summed E-state index contributed by atoms with van der Waals surface area (Å²) in [6.45, 7) is 13.7.